The molecule has 0 unspecified atom stereocenters. The summed E-state index contributed by atoms with van der Waals surface area (Å²) in [4.78, 5) is 4.42. The molecule has 1 aromatic heterocycles. The number of hydrogen-bond acceptors (Lipinski definition) is 2. The fraction of sp³-hybridized carbons (Fsp3) is 0.615. The third kappa shape index (κ3) is 3.76. The predicted octanol–water partition coefficient (Wildman–Crippen LogP) is 4.27. The molecule has 0 saturated heterocycles. The number of nitrogens with one attached hydrogen (secondary N) is 1. The van der Waals surface area contributed by atoms with E-state index >= 15 is 0 Å². The van der Waals surface area contributed by atoms with Gasteiger partial charge in [-0.1, -0.05) is 12.8 Å². The Balaban J connectivity index is 1.88. The maximum atomic E-state index is 4.42. The average Bonchev–Trinajstić information content (AvgIpc) is 2.81. The minimum absolute atomic E-state index is 0.592. The Morgan fingerprint density at radius 3 is 2.76 bits per heavy atom. The highest BCUT2D eigenvalue weighted by molar-refractivity contribution is 9.11. The van der Waals surface area contributed by atoms with Crippen molar-refractivity contribution in [1.82, 2.24) is 10.3 Å². The van der Waals surface area contributed by atoms with Crippen LogP contribution in [0, 0.1) is 5.92 Å². The van der Waals surface area contributed by atoms with Crippen LogP contribution in [0.15, 0.2) is 21.2 Å². The molecule has 2 rings (SSSR count). The van der Waals surface area contributed by atoms with Crippen molar-refractivity contribution in [2.75, 3.05) is 0 Å². The van der Waals surface area contributed by atoms with Crippen molar-refractivity contribution in [3.05, 3.63) is 26.9 Å². The van der Waals surface area contributed by atoms with Crippen molar-refractivity contribution in [3.8, 4) is 0 Å². The summed E-state index contributed by atoms with van der Waals surface area (Å²) in [7, 11) is 0. The monoisotopic (exact) mass is 360 g/mol. The van der Waals surface area contributed by atoms with Crippen molar-refractivity contribution in [3.63, 3.8) is 0 Å². The summed E-state index contributed by atoms with van der Waals surface area (Å²) in [6, 6.07) is 2.64. The molecule has 0 radical (unpaired) electrons. The lowest BCUT2D eigenvalue weighted by molar-refractivity contribution is 0.378. The van der Waals surface area contributed by atoms with E-state index in [-0.39, 0.29) is 0 Å². The van der Waals surface area contributed by atoms with Crippen LogP contribution in [-0.2, 0) is 6.54 Å². The Kier molecular flexibility index (Phi) is 5.00. The Labute approximate surface area is 120 Å². The third-order valence-corrected chi connectivity index (χ3v) is 4.70. The van der Waals surface area contributed by atoms with Gasteiger partial charge < -0.3 is 5.32 Å². The number of pyridine rings is 1. The van der Waals surface area contributed by atoms with Gasteiger partial charge in [-0.05, 0) is 63.6 Å². The fourth-order valence-corrected chi connectivity index (χ4v) is 3.58. The summed E-state index contributed by atoms with van der Waals surface area (Å²) in [5.74, 6) is 0.851. The van der Waals surface area contributed by atoms with Crippen molar-refractivity contribution in [2.45, 2.75) is 45.2 Å². The molecule has 1 aliphatic rings. The first-order valence-electron chi connectivity index (χ1n) is 6.20. The van der Waals surface area contributed by atoms with Gasteiger partial charge in [0.25, 0.3) is 0 Å². The molecular weight excluding hydrogens is 344 g/mol. The van der Waals surface area contributed by atoms with E-state index in [0.29, 0.717) is 6.04 Å². The van der Waals surface area contributed by atoms with Crippen LogP contribution in [0.25, 0.3) is 0 Å². The lowest BCUT2D eigenvalue weighted by Crippen LogP contribution is -2.32. The van der Waals surface area contributed by atoms with Crippen molar-refractivity contribution in [2.24, 2.45) is 5.92 Å². The van der Waals surface area contributed by atoms with Crippen molar-refractivity contribution >= 4 is 31.9 Å². The van der Waals surface area contributed by atoms with Gasteiger partial charge in [-0.15, -0.1) is 0 Å². The second-order valence-electron chi connectivity index (χ2n) is 4.80. The zero-order chi connectivity index (χ0) is 12.3. The molecule has 1 aliphatic carbocycles. The van der Waals surface area contributed by atoms with Crippen LogP contribution >= 0.6 is 31.9 Å². The number of rotatable bonds is 4. The predicted molar refractivity (Wildman–Crippen MR) is 77.9 cm³/mol. The van der Waals surface area contributed by atoms with Gasteiger partial charge in [0.2, 0.25) is 0 Å². The van der Waals surface area contributed by atoms with Crippen LogP contribution < -0.4 is 5.32 Å². The molecule has 0 bridgehead atoms. The van der Waals surface area contributed by atoms with Gasteiger partial charge in [0, 0.05) is 27.7 Å². The quantitative estimate of drug-likeness (QED) is 0.865. The maximum absolute atomic E-state index is 4.42. The summed E-state index contributed by atoms with van der Waals surface area (Å²) in [5, 5.41) is 3.59. The van der Waals surface area contributed by atoms with Gasteiger partial charge >= 0.3 is 0 Å². The Morgan fingerprint density at radius 2 is 2.12 bits per heavy atom. The first kappa shape index (κ1) is 13.5. The van der Waals surface area contributed by atoms with Gasteiger partial charge in [0.15, 0.2) is 0 Å². The van der Waals surface area contributed by atoms with E-state index < -0.39 is 0 Å². The molecule has 1 atom stereocenters. The molecule has 17 heavy (non-hydrogen) atoms. The molecule has 2 nitrogen and oxygen atoms in total. The SMILES string of the molecule is C[C@H](NCc1ncc(Br)cc1Br)C1CCCC1. The van der Waals surface area contributed by atoms with Gasteiger partial charge in [-0.25, -0.2) is 0 Å². The van der Waals surface area contributed by atoms with Crippen molar-refractivity contribution < 1.29 is 0 Å². The lowest BCUT2D eigenvalue weighted by atomic mass is 10.00. The summed E-state index contributed by atoms with van der Waals surface area (Å²) in [6.07, 6.45) is 7.40. The van der Waals surface area contributed by atoms with Crippen LogP contribution in [-0.4, -0.2) is 11.0 Å². The number of hydrogen-bond donors (Lipinski definition) is 1. The maximum Gasteiger partial charge on any atom is 0.0684 e. The Bertz CT molecular complexity index is 376. The summed E-state index contributed by atoms with van der Waals surface area (Å²) in [5.41, 5.74) is 1.08. The first-order valence-corrected chi connectivity index (χ1v) is 7.78. The van der Waals surface area contributed by atoms with Gasteiger partial charge in [-0.2, -0.15) is 0 Å². The van der Waals surface area contributed by atoms with Crippen LogP contribution in [0.5, 0.6) is 0 Å². The van der Waals surface area contributed by atoms with Crippen LogP contribution in [0.1, 0.15) is 38.3 Å². The van der Waals surface area contributed by atoms with E-state index in [2.05, 4.69) is 49.1 Å². The van der Waals surface area contributed by atoms with Crippen LogP contribution in [0.3, 0.4) is 0 Å². The van der Waals surface area contributed by atoms with E-state index in [9.17, 15) is 0 Å². The third-order valence-electron chi connectivity index (χ3n) is 3.58. The van der Waals surface area contributed by atoms with Crippen LogP contribution in [0.4, 0.5) is 0 Å². The second-order valence-corrected chi connectivity index (χ2v) is 6.57. The second kappa shape index (κ2) is 6.30. The molecule has 1 heterocycles. The minimum Gasteiger partial charge on any atom is -0.308 e. The topological polar surface area (TPSA) is 24.9 Å². The number of halogens is 2. The normalized spacial score (nSPS) is 18.5. The standard InChI is InChI=1S/C13H18Br2N2/c1-9(10-4-2-3-5-10)16-8-13-12(15)6-11(14)7-17-13/h6-7,9-10,16H,2-5,8H2,1H3/t9-/m0/s1. The van der Waals surface area contributed by atoms with Gasteiger partial charge in [0.05, 0.1) is 5.69 Å². The Hall–Kier alpha value is 0.0700. The number of nitrogens with zero attached hydrogens (tertiary/aromatic N) is 1. The molecule has 94 valence electrons. The highest BCUT2D eigenvalue weighted by atomic mass is 79.9. The summed E-state index contributed by atoms with van der Waals surface area (Å²) in [6.45, 7) is 3.13. The van der Waals surface area contributed by atoms with Crippen LogP contribution in [0.2, 0.25) is 0 Å². The van der Waals surface area contributed by atoms with E-state index in [1.807, 2.05) is 12.3 Å². The van der Waals surface area contributed by atoms with E-state index in [1.165, 1.54) is 25.7 Å². The molecule has 0 amide bonds. The molecule has 0 aliphatic heterocycles. The molecule has 0 aromatic carbocycles. The van der Waals surface area contributed by atoms with Gasteiger partial charge in [0.1, 0.15) is 0 Å². The molecular formula is C13H18Br2N2. The van der Waals surface area contributed by atoms with Gasteiger partial charge in [-0.3, -0.25) is 4.98 Å². The molecule has 0 spiro atoms. The fourth-order valence-electron chi connectivity index (χ4n) is 2.45. The Morgan fingerprint density at radius 1 is 1.41 bits per heavy atom. The lowest BCUT2D eigenvalue weighted by Gasteiger charge is -2.20. The minimum atomic E-state index is 0.592. The summed E-state index contributed by atoms with van der Waals surface area (Å²) < 4.78 is 2.08. The zero-order valence-corrected chi connectivity index (χ0v) is 13.2. The highest BCUT2D eigenvalue weighted by Crippen LogP contribution is 2.28. The molecule has 1 aromatic rings. The smallest absolute Gasteiger partial charge is 0.0684 e. The molecule has 1 saturated carbocycles. The molecule has 1 N–H and O–H groups in total. The largest absolute Gasteiger partial charge is 0.308 e. The van der Waals surface area contributed by atoms with E-state index in [1.54, 1.807) is 0 Å². The molecule has 4 heteroatoms. The number of aromatic nitrogens is 1. The first-order chi connectivity index (χ1) is 8.16. The summed E-state index contributed by atoms with van der Waals surface area (Å²) >= 11 is 6.97. The average molecular weight is 362 g/mol. The molecule has 1 fully saturated rings. The van der Waals surface area contributed by atoms with E-state index in [4.69, 9.17) is 0 Å². The zero-order valence-electron chi connectivity index (χ0n) is 10.0. The van der Waals surface area contributed by atoms with Crippen molar-refractivity contribution in [1.29, 1.82) is 0 Å². The highest BCUT2D eigenvalue weighted by Gasteiger charge is 2.21. The van der Waals surface area contributed by atoms with E-state index in [0.717, 1.165) is 27.1 Å².